The molecule has 1 atom stereocenters. The minimum Gasteiger partial charge on any atom is -0.485 e. The fraction of sp³-hybridized carbons (Fsp3) is 0.333. The Kier molecular flexibility index (Phi) is 6.59. The molecule has 0 aliphatic rings. The number of hydrogen-bond donors (Lipinski definition) is 1. The van der Waals surface area contributed by atoms with Gasteiger partial charge in [-0.05, 0) is 43.7 Å². The minimum absolute atomic E-state index is 0.109. The van der Waals surface area contributed by atoms with E-state index in [9.17, 15) is 26.7 Å². The van der Waals surface area contributed by atoms with Crippen molar-refractivity contribution in [2.45, 2.75) is 32.5 Å². The number of hydrogen-bond acceptors (Lipinski definition) is 4. The first-order valence-electron chi connectivity index (χ1n) is 9.44. The summed E-state index contributed by atoms with van der Waals surface area (Å²) in [5.74, 6) is -2.96. The molecule has 3 rings (SSSR count). The van der Waals surface area contributed by atoms with Crippen LogP contribution in [0, 0.1) is 24.5 Å². The Morgan fingerprint density at radius 3 is 2.48 bits per heavy atom. The number of imidazole rings is 1. The number of halogens is 5. The summed E-state index contributed by atoms with van der Waals surface area (Å²) in [6, 6.07) is 6.49. The number of alkyl halides is 3. The Labute approximate surface area is 174 Å². The number of carbonyl (C=O) groups excluding carboxylic acids is 1. The van der Waals surface area contributed by atoms with Crippen molar-refractivity contribution in [2.75, 3.05) is 6.54 Å². The summed E-state index contributed by atoms with van der Waals surface area (Å²) in [5.41, 5.74) is 5.77. The molecule has 0 radical (unpaired) electrons. The van der Waals surface area contributed by atoms with Gasteiger partial charge in [0.25, 0.3) is 0 Å². The molecule has 0 aliphatic heterocycles. The van der Waals surface area contributed by atoms with Crippen LogP contribution < -0.4 is 10.5 Å². The number of aryl methyl sites for hydroxylation is 1. The molecule has 0 aliphatic carbocycles. The lowest BCUT2D eigenvalue weighted by atomic mass is 9.97. The second kappa shape index (κ2) is 9.01. The zero-order valence-corrected chi connectivity index (χ0v) is 16.5. The van der Waals surface area contributed by atoms with Gasteiger partial charge in [0.15, 0.2) is 17.2 Å². The van der Waals surface area contributed by atoms with Gasteiger partial charge in [-0.1, -0.05) is 6.07 Å². The summed E-state index contributed by atoms with van der Waals surface area (Å²) in [6.45, 7) is 0.847. The zero-order chi connectivity index (χ0) is 22.8. The second-order valence-electron chi connectivity index (χ2n) is 7.15. The van der Waals surface area contributed by atoms with Gasteiger partial charge < -0.3 is 10.5 Å². The summed E-state index contributed by atoms with van der Waals surface area (Å²) in [7, 11) is 0. The second-order valence-corrected chi connectivity index (χ2v) is 7.15. The molecule has 0 amide bonds. The van der Waals surface area contributed by atoms with Gasteiger partial charge >= 0.3 is 6.18 Å². The molecule has 31 heavy (non-hydrogen) atoms. The predicted octanol–water partition coefficient (Wildman–Crippen LogP) is 4.60. The Balaban J connectivity index is 1.87. The van der Waals surface area contributed by atoms with E-state index in [-0.39, 0.29) is 29.2 Å². The van der Waals surface area contributed by atoms with Crippen molar-refractivity contribution >= 4 is 11.4 Å². The number of ether oxygens (including phenoxy) is 1. The number of nitrogens with two attached hydrogens (primary N) is 1. The number of aromatic nitrogens is 2. The van der Waals surface area contributed by atoms with Crippen molar-refractivity contribution < 1.29 is 31.5 Å². The van der Waals surface area contributed by atoms with Gasteiger partial charge in [0, 0.05) is 19.0 Å². The minimum atomic E-state index is -4.43. The molecule has 0 fully saturated rings. The molecule has 1 unspecified atom stereocenters. The summed E-state index contributed by atoms with van der Waals surface area (Å²) < 4.78 is 72.7. The first-order chi connectivity index (χ1) is 14.6. The third-order valence-corrected chi connectivity index (χ3v) is 4.81. The average Bonchev–Trinajstić information content (AvgIpc) is 3.02. The number of pyridine rings is 1. The van der Waals surface area contributed by atoms with Gasteiger partial charge in [-0.2, -0.15) is 13.2 Å². The van der Waals surface area contributed by atoms with E-state index in [0.29, 0.717) is 5.69 Å². The largest absolute Gasteiger partial charge is 0.485 e. The fourth-order valence-electron chi connectivity index (χ4n) is 3.35. The molecule has 0 saturated carbocycles. The monoisotopic (exact) mass is 441 g/mol. The highest BCUT2D eigenvalue weighted by atomic mass is 19.4. The number of benzene rings is 1. The standard InChI is InChI=1S/C21H20F5N3O2/c1-12-19(17(30)8-13(10-27)9-21(24,25)26)29-7-3-6-18(20(29)28-12)31-11-14-15(22)4-2-5-16(14)23/h2-7,13H,8-11,27H2,1H3. The highest BCUT2D eigenvalue weighted by Gasteiger charge is 2.33. The summed E-state index contributed by atoms with van der Waals surface area (Å²) in [6.07, 6.45) is -4.47. The first kappa shape index (κ1) is 22.7. The Bertz CT molecular complexity index is 1070. The molecule has 1 aromatic carbocycles. The van der Waals surface area contributed by atoms with E-state index in [4.69, 9.17) is 10.5 Å². The first-order valence-corrected chi connectivity index (χ1v) is 9.44. The van der Waals surface area contributed by atoms with Gasteiger partial charge in [-0.25, -0.2) is 13.8 Å². The molecule has 0 saturated heterocycles. The van der Waals surface area contributed by atoms with Crippen LogP contribution in [0.25, 0.3) is 5.65 Å². The summed E-state index contributed by atoms with van der Waals surface area (Å²) >= 11 is 0. The van der Waals surface area contributed by atoms with Crippen molar-refractivity contribution in [1.82, 2.24) is 9.38 Å². The third kappa shape index (κ3) is 5.19. The number of Topliss-reactive ketones (excluding diaryl/α,β-unsaturated/α-hetero) is 1. The van der Waals surface area contributed by atoms with Gasteiger partial charge in [0.05, 0.1) is 11.3 Å². The van der Waals surface area contributed by atoms with Crippen LogP contribution in [-0.4, -0.2) is 27.9 Å². The molecular weight excluding hydrogens is 421 g/mol. The molecule has 3 aromatic rings. The van der Waals surface area contributed by atoms with E-state index in [1.807, 2.05) is 0 Å². The van der Waals surface area contributed by atoms with Crippen LogP contribution in [0.4, 0.5) is 22.0 Å². The molecule has 10 heteroatoms. The third-order valence-electron chi connectivity index (χ3n) is 4.81. The summed E-state index contributed by atoms with van der Waals surface area (Å²) in [5, 5.41) is 0. The van der Waals surface area contributed by atoms with Crippen LogP contribution in [0.15, 0.2) is 36.5 Å². The maximum absolute atomic E-state index is 13.8. The van der Waals surface area contributed by atoms with Crippen molar-refractivity contribution in [3.05, 3.63) is 65.1 Å². The van der Waals surface area contributed by atoms with E-state index in [1.165, 1.54) is 28.8 Å². The normalized spacial score (nSPS) is 12.9. The van der Waals surface area contributed by atoms with E-state index < -0.39 is 49.0 Å². The van der Waals surface area contributed by atoms with Gasteiger partial charge in [0.2, 0.25) is 0 Å². The van der Waals surface area contributed by atoms with Crippen molar-refractivity contribution in [1.29, 1.82) is 0 Å². The SMILES string of the molecule is Cc1nc2c(OCc3c(F)cccc3F)cccn2c1C(=O)CC(CN)CC(F)(F)F. The van der Waals surface area contributed by atoms with E-state index in [0.717, 1.165) is 12.1 Å². The molecule has 166 valence electrons. The molecule has 0 bridgehead atoms. The smallest absolute Gasteiger partial charge is 0.389 e. The van der Waals surface area contributed by atoms with Crippen LogP contribution in [-0.2, 0) is 6.61 Å². The zero-order valence-electron chi connectivity index (χ0n) is 16.5. The topological polar surface area (TPSA) is 69.6 Å². The van der Waals surface area contributed by atoms with Crippen LogP contribution in [0.5, 0.6) is 5.75 Å². The Hall–Kier alpha value is -3.01. The number of fused-ring (bicyclic) bond motifs is 1. The van der Waals surface area contributed by atoms with Crippen LogP contribution in [0.3, 0.4) is 0 Å². The maximum Gasteiger partial charge on any atom is 0.389 e. The van der Waals surface area contributed by atoms with Crippen molar-refractivity contribution in [3.63, 3.8) is 0 Å². The lowest BCUT2D eigenvalue weighted by molar-refractivity contribution is -0.143. The van der Waals surface area contributed by atoms with Gasteiger partial charge in [-0.15, -0.1) is 0 Å². The molecule has 2 N–H and O–H groups in total. The van der Waals surface area contributed by atoms with Crippen molar-refractivity contribution in [3.8, 4) is 5.75 Å². The van der Waals surface area contributed by atoms with E-state index >= 15 is 0 Å². The van der Waals surface area contributed by atoms with Crippen molar-refractivity contribution in [2.24, 2.45) is 11.7 Å². The molecule has 0 spiro atoms. The molecular formula is C21H20F5N3O2. The van der Waals surface area contributed by atoms with Crippen LogP contribution in [0.1, 0.15) is 34.6 Å². The lowest BCUT2D eigenvalue weighted by Gasteiger charge is -2.16. The van der Waals surface area contributed by atoms with Crippen LogP contribution in [0.2, 0.25) is 0 Å². The highest BCUT2D eigenvalue weighted by Crippen LogP contribution is 2.29. The van der Waals surface area contributed by atoms with Gasteiger partial charge in [0.1, 0.15) is 23.9 Å². The van der Waals surface area contributed by atoms with Gasteiger partial charge in [-0.3, -0.25) is 9.20 Å². The van der Waals surface area contributed by atoms with E-state index in [1.54, 1.807) is 6.92 Å². The highest BCUT2D eigenvalue weighted by molar-refractivity contribution is 5.96. The number of ketones is 1. The maximum atomic E-state index is 13.8. The van der Waals surface area contributed by atoms with E-state index in [2.05, 4.69) is 4.98 Å². The predicted molar refractivity (Wildman–Crippen MR) is 103 cm³/mol. The number of nitrogens with zero attached hydrogens (tertiary/aromatic N) is 2. The molecule has 2 aromatic heterocycles. The Morgan fingerprint density at radius 2 is 1.87 bits per heavy atom. The number of carbonyl (C=O) groups is 1. The quantitative estimate of drug-likeness (QED) is 0.410. The molecule has 5 nitrogen and oxygen atoms in total. The summed E-state index contributed by atoms with van der Waals surface area (Å²) in [4.78, 5) is 17.0. The number of rotatable bonds is 8. The lowest BCUT2D eigenvalue weighted by Crippen LogP contribution is -2.25. The fourth-order valence-corrected chi connectivity index (χ4v) is 3.35. The Morgan fingerprint density at radius 1 is 1.19 bits per heavy atom. The molecule has 2 heterocycles. The average molecular weight is 441 g/mol. The van der Waals surface area contributed by atoms with Crippen LogP contribution >= 0.6 is 0 Å².